The number of fused-ring (bicyclic) bond motifs is 1. The van der Waals surface area contributed by atoms with Gasteiger partial charge < -0.3 is 9.72 Å². The van der Waals surface area contributed by atoms with E-state index in [9.17, 15) is 4.79 Å². The number of ether oxygens (including phenoxy) is 1. The monoisotopic (exact) mass is 201 g/mol. The van der Waals surface area contributed by atoms with Crippen LogP contribution in [0, 0.1) is 0 Å². The maximum atomic E-state index is 10.9. The minimum atomic E-state index is -0.353. The molecule has 1 heterocycles. The summed E-state index contributed by atoms with van der Waals surface area (Å²) >= 11 is 0. The standard InChI is InChI=1S/C12H11NO2/c1-15-12(14)7-6-10-8-9-4-2-3-5-11(9)13-10/h2-8,13H,1H3/b7-6-. The summed E-state index contributed by atoms with van der Waals surface area (Å²) < 4.78 is 4.51. The lowest BCUT2D eigenvalue weighted by Crippen LogP contribution is -1.93. The Balaban J connectivity index is 2.29. The van der Waals surface area contributed by atoms with Crippen LogP contribution in [-0.2, 0) is 9.53 Å². The van der Waals surface area contributed by atoms with Gasteiger partial charge in [-0.2, -0.15) is 0 Å². The number of aromatic nitrogens is 1. The second-order valence-electron chi connectivity index (χ2n) is 3.17. The number of hydrogen-bond acceptors (Lipinski definition) is 2. The van der Waals surface area contributed by atoms with Gasteiger partial charge >= 0.3 is 5.97 Å². The van der Waals surface area contributed by atoms with E-state index in [1.165, 1.54) is 13.2 Å². The number of nitrogens with one attached hydrogen (secondary N) is 1. The van der Waals surface area contributed by atoms with Crippen molar-refractivity contribution in [2.45, 2.75) is 0 Å². The van der Waals surface area contributed by atoms with Crippen LogP contribution in [0.1, 0.15) is 5.69 Å². The molecule has 3 nitrogen and oxygen atoms in total. The molecule has 0 saturated carbocycles. The number of carbonyl (C=O) groups excluding carboxylic acids is 1. The molecule has 1 aromatic heterocycles. The van der Waals surface area contributed by atoms with Crippen molar-refractivity contribution in [1.29, 1.82) is 0 Å². The zero-order valence-electron chi connectivity index (χ0n) is 8.36. The molecule has 0 bridgehead atoms. The van der Waals surface area contributed by atoms with Gasteiger partial charge in [0, 0.05) is 17.3 Å². The molecule has 0 atom stereocenters. The second kappa shape index (κ2) is 4.00. The van der Waals surface area contributed by atoms with Crippen molar-refractivity contribution >= 4 is 22.9 Å². The summed E-state index contributed by atoms with van der Waals surface area (Å²) in [6.45, 7) is 0. The molecule has 15 heavy (non-hydrogen) atoms. The van der Waals surface area contributed by atoms with Crippen LogP contribution in [0.5, 0.6) is 0 Å². The predicted octanol–water partition coefficient (Wildman–Crippen LogP) is 2.35. The van der Waals surface area contributed by atoms with Gasteiger partial charge in [0.2, 0.25) is 0 Å². The van der Waals surface area contributed by atoms with Crippen LogP contribution in [0.3, 0.4) is 0 Å². The average molecular weight is 201 g/mol. The lowest BCUT2D eigenvalue weighted by molar-refractivity contribution is -0.134. The number of H-pyrrole nitrogens is 1. The highest BCUT2D eigenvalue weighted by molar-refractivity contribution is 5.89. The second-order valence-corrected chi connectivity index (χ2v) is 3.17. The van der Waals surface area contributed by atoms with Gasteiger partial charge in [-0.05, 0) is 23.6 Å². The quantitative estimate of drug-likeness (QED) is 0.598. The Morgan fingerprint density at radius 1 is 1.40 bits per heavy atom. The SMILES string of the molecule is COC(=O)/C=C\c1cc2ccccc2[nH]1. The Bertz CT molecular complexity index is 478. The molecule has 0 amide bonds. The first-order valence-corrected chi connectivity index (χ1v) is 4.63. The number of aromatic amines is 1. The van der Waals surface area contributed by atoms with Crippen molar-refractivity contribution < 1.29 is 9.53 Å². The molecule has 1 N–H and O–H groups in total. The van der Waals surface area contributed by atoms with Crippen molar-refractivity contribution in [3.05, 3.63) is 42.1 Å². The molecule has 0 spiro atoms. The van der Waals surface area contributed by atoms with Crippen LogP contribution in [0.4, 0.5) is 0 Å². The molecule has 1 aromatic carbocycles. The van der Waals surface area contributed by atoms with E-state index in [1.54, 1.807) is 6.08 Å². The number of hydrogen-bond donors (Lipinski definition) is 1. The van der Waals surface area contributed by atoms with Gasteiger partial charge in [0.15, 0.2) is 0 Å². The number of esters is 1. The minimum absolute atomic E-state index is 0.353. The number of para-hydroxylation sites is 1. The van der Waals surface area contributed by atoms with E-state index in [0.29, 0.717) is 0 Å². The molecule has 3 heteroatoms. The highest BCUT2D eigenvalue weighted by atomic mass is 16.5. The minimum Gasteiger partial charge on any atom is -0.466 e. The Morgan fingerprint density at radius 2 is 2.20 bits per heavy atom. The van der Waals surface area contributed by atoms with Crippen LogP contribution in [0.15, 0.2) is 36.4 Å². The molecule has 0 radical (unpaired) electrons. The largest absolute Gasteiger partial charge is 0.466 e. The van der Waals surface area contributed by atoms with Gasteiger partial charge in [0.05, 0.1) is 7.11 Å². The van der Waals surface area contributed by atoms with E-state index in [4.69, 9.17) is 0 Å². The lowest BCUT2D eigenvalue weighted by atomic mass is 10.2. The highest BCUT2D eigenvalue weighted by Gasteiger charge is 1.97. The van der Waals surface area contributed by atoms with Gasteiger partial charge in [-0.25, -0.2) is 4.79 Å². The fourth-order valence-electron chi connectivity index (χ4n) is 1.41. The van der Waals surface area contributed by atoms with Crippen LogP contribution in [0.25, 0.3) is 17.0 Å². The first kappa shape index (κ1) is 9.52. The Labute approximate surface area is 87.4 Å². The van der Waals surface area contributed by atoms with Gasteiger partial charge in [0.1, 0.15) is 0 Å². The van der Waals surface area contributed by atoms with Gasteiger partial charge in [-0.15, -0.1) is 0 Å². The predicted molar refractivity (Wildman–Crippen MR) is 59.3 cm³/mol. The number of methoxy groups -OCH3 is 1. The Morgan fingerprint density at radius 3 is 2.93 bits per heavy atom. The van der Waals surface area contributed by atoms with Crippen molar-refractivity contribution in [3.8, 4) is 0 Å². The van der Waals surface area contributed by atoms with E-state index in [0.717, 1.165) is 16.6 Å². The van der Waals surface area contributed by atoms with E-state index < -0.39 is 0 Å². The molecule has 0 saturated heterocycles. The zero-order valence-corrected chi connectivity index (χ0v) is 8.36. The summed E-state index contributed by atoms with van der Waals surface area (Å²) in [6, 6.07) is 9.93. The first-order chi connectivity index (χ1) is 7.29. The molecule has 2 aromatic rings. The fourth-order valence-corrected chi connectivity index (χ4v) is 1.41. The maximum absolute atomic E-state index is 10.9. The molecular formula is C12H11NO2. The van der Waals surface area contributed by atoms with Crippen molar-refractivity contribution in [1.82, 2.24) is 4.98 Å². The van der Waals surface area contributed by atoms with E-state index in [2.05, 4.69) is 9.72 Å². The van der Waals surface area contributed by atoms with Gasteiger partial charge in [-0.1, -0.05) is 18.2 Å². The Hall–Kier alpha value is -2.03. The third-order valence-corrected chi connectivity index (χ3v) is 2.15. The average Bonchev–Trinajstić information content (AvgIpc) is 2.68. The van der Waals surface area contributed by atoms with E-state index >= 15 is 0 Å². The summed E-state index contributed by atoms with van der Waals surface area (Å²) in [5, 5.41) is 1.13. The summed E-state index contributed by atoms with van der Waals surface area (Å²) in [4.78, 5) is 14.1. The number of benzene rings is 1. The molecule has 0 fully saturated rings. The van der Waals surface area contributed by atoms with Crippen molar-refractivity contribution in [2.24, 2.45) is 0 Å². The third kappa shape index (κ3) is 2.07. The molecular weight excluding hydrogens is 190 g/mol. The topological polar surface area (TPSA) is 42.1 Å². The van der Waals surface area contributed by atoms with Crippen molar-refractivity contribution in [2.75, 3.05) is 7.11 Å². The summed E-state index contributed by atoms with van der Waals surface area (Å²) in [5.74, 6) is -0.353. The maximum Gasteiger partial charge on any atom is 0.330 e. The fraction of sp³-hybridized carbons (Fsp3) is 0.0833. The van der Waals surface area contributed by atoms with Gasteiger partial charge in [-0.3, -0.25) is 0 Å². The molecule has 0 unspecified atom stereocenters. The summed E-state index contributed by atoms with van der Waals surface area (Å²) in [7, 11) is 1.36. The molecule has 2 rings (SSSR count). The zero-order chi connectivity index (χ0) is 10.7. The lowest BCUT2D eigenvalue weighted by Gasteiger charge is -1.88. The third-order valence-electron chi connectivity index (χ3n) is 2.15. The summed E-state index contributed by atoms with van der Waals surface area (Å²) in [5.41, 5.74) is 1.95. The smallest absolute Gasteiger partial charge is 0.330 e. The molecule has 0 aliphatic rings. The van der Waals surface area contributed by atoms with Gasteiger partial charge in [0.25, 0.3) is 0 Å². The molecule has 0 aliphatic heterocycles. The van der Waals surface area contributed by atoms with Crippen LogP contribution >= 0.6 is 0 Å². The van der Waals surface area contributed by atoms with Crippen molar-refractivity contribution in [3.63, 3.8) is 0 Å². The molecule has 76 valence electrons. The van der Waals surface area contributed by atoms with E-state index in [-0.39, 0.29) is 5.97 Å². The van der Waals surface area contributed by atoms with Crippen LogP contribution in [-0.4, -0.2) is 18.1 Å². The number of carbonyl (C=O) groups is 1. The highest BCUT2D eigenvalue weighted by Crippen LogP contribution is 2.15. The van der Waals surface area contributed by atoms with Crippen LogP contribution < -0.4 is 0 Å². The molecule has 0 aliphatic carbocycles. The van der Waals surface area contributed by atoms with Crippen LogP contribution in [0.2, 0.25) is 0 Å². The first-order valence-electron chi connectivity index (χ1n) is 4.63. The Kier molecular flexibility index (Phi) is 2.54. The van der Waals surface area contributed by atoms with E-state index in [1.807, 2.05) is 30.3 Å². The summed E-state index contributed by atoms with van der Waals surface area (Å²) in [6.07, 6.45) is 3.09. The number of rotatable bonds is 2. The normalized spacial score (nSPS) is 11.0.